The van der Waals surface area contributed by atoms with Gasteiger partial charge < -0.3 is 5.32 Å². The van der Waals surface area contributed by atoms with Crippen LogP contribution in [0.2, 0.25) is 0 Å². The highest BCUT2D eigenvalue weighted by Crippen LogP contribution is 2.43. The minimum absolute atomic E-state index is 0.0136. The largest absolute Gasteiger partial charge is 0.343 e. The van der Waals surface area contributed by atoms with Crippen LogP contribution in [0.25, 0.3) is 10.8 Å². The van der Waals surface area contributed by atoms with Gasteiger partial charge in [-0.15, -0.1) is 0 Å². The number of hydrogen-bond acceptors (Lipinski definition) is 1. The van der Waals surface area contributed by atoms with E-state index in [2.05, 4.69) is 72.0 Å². The maximum absolute atomic E-state index is 12.1. The molecule has 0 radical (unpaired) electrons. The van der Waals surface area contributed by atoms with Gasteiger partial charge in [-0.1, -0.05) is 66.7 Å². The molecular formula is C22H21NO. The van der Waals surface area contributed by atoms with Crippen molar-refractivity contribution in [1.82, 2.24) is 5.32 Å². The van der Waals surface area contributed by atoms with E-state index in [1.54, 1.807) is 6.92 Å². The Labute approximate surface area is 142 Å². The van der Waals surface area contributed by atoms with Gasteiger partial charge in [-0.2, -0.15) is 0 Å². The molecule has 1 N–H and O–H groups in total. The molecule has 0 aromatic heterocycles. The van der Waals surface area contributed by atoms with Crippen LogP contribution in [-0.4, -0.2) is 5.91 Å². The smallest absolute Gasteiger partial charge is 0.217 e. The first-order chi connectivity index (χ1) is 11.7. The van der Waals surface area contributed by atoms with E-state index < -0.39 is 5.54 Å². The molecule has 3 aromatic rings. The molecule has 1 amide bonds. The zero-order valence-electron chi connectivity index (χ0n) is 13.9. The predicted molar refractivity (Wildman–Crippen MR) is 97.9 cm³/mol. The summed E-state index contributed by atoms with van der Waals surface area (Å²) in [6.45, 7) is 1.62. The molecule has 0 saturated carbocycles. The molecule has 3 aromatic carbocycles. The van der Waals surface area contributed by atoms with Crippen LogP contribution in [0, 0.1) is 0 Å². The number of fused-ring (bicyclic) bond motifs is 2. The Hall–Kier alpha value is -2.61. The lowest BCUT2D eigenvalue weighted by molar-refractivity contribution is -0.120. The van der Waals surface area contributed by atoms with E-state index in [1.165, 1.54) is 27.5 Å². The van der Waals surface area contributed by atoms with E-state index >= 15 is 0 Å². The minimum atomic E-state index is -0.443. The predicted octanol–water partition coefficient (Wildman–Crippen LogP) is 4.56. The van der Waals surface area contributed by atoms with Crippen LogP contribution in [0.3, 0.4) is 0 Å². The Kier molecular flexibility index (Phi) is 3.61. The molecule has 1 atom stereocenters. The first-order valence-corrected chi connectivity index (χ1v) is 8.56. The van der Waals surface area contributed by atoms with Crippen LogP contribution in [0.15, 0.2) is 66.7 Å². The molecule has 2 nitrogen and oxygen atoms in total. The van der Waals surface area contributed by atoms with E-state index in [1.807, 2.05) is 0 Å². The van der Waals surface area contributed by atoms with Crippen molar-refractivity contribution in [2.75, 3.05) is 0 Å². The van der Waals surface area contributed by atoms with Gasteiger partial charge in [-0.25, -0.2) is 0 Å². The Morgan fingerprint density at radius 1 is 0.917 bits per heavy atom. The summed E-state index contributed by atoms with van der Waals surface area (Å²) in [4.78, 5) is 12.1. The summed E-state index contributed by atoms with van der Waals surface area (Å²) in [6, 6.07) is 23.3. The lowest BCUT2D eigenvalue weighted by Crippen LogP contribution is -2.48. The Balaban J connectivity index is 2.04. The zero-order valence-corrected chi connectivity index (χ0v) is 13.9. The van der Waals surface area contributed by atoms with Crippen molar-refractivity contribution in [3.63, 3.8) is 0 Å². The quantitative estimate of drug-likeness (QED) is 0.738. The highest BCUT2D eigenvalue weighted by molar-refractivity contribution is 5.88. The molecule has 24 heavy (non-hydrogen) atoms. The number of hydrogen-bond donors (Lipinski definition) is 1. The van der Waals surface area contributed by atoms with Crippen LogP contribution in [0.4, 0.5) is 0 Å². The first kappa shape index (κ1) is 14.9. The van der Waals surface area contributed by atoms with Gasteiger partial charge in [0.15, 0.2) is 0 Å². The number of nitrogens with one attached hydrogen (secondary N) is 1. The fourth-order valence-electron chi connectivity index (χ4n) is 4.21. The van der Waals surface area contributed by atoms with Crippen LogP contribution < -0.4 is 5.32 Å². The molecule has 1 unspecified atom stereocenters. The molecule has 0 spiro atoms. The fourth-order valence-corrected chi connectivity index (χ4v) is 4.21. The van der Waals surface area contributed by atoms with E-state index in [0.717, 1.165) is 19.3 Å². The number of amides is 1. The second-order valence-electron chi connectivity index (χ2n) is 6.62. The van der Waals surface area contributed by atoms with Crippen molar-refractivity contribution in [2.45, 2.75) is 31.7 Å². The SMILES string of the molecule is CC(=O)NC1(c2cccc3ccccc23)CCCc2ccccc21. The maximum Gasteiger partial charge on any atom is 0.217 e. The molecular weight excluding hydrogens is 294 g/mol. The van der Waals surface area contributed by atoms with Gasteiger partial charge in [0.05, 0.1) is 5.54 Å². The van der Waals surface area contributed by atoms with Gasteiger partial charge in [0.2, 0.25) is 5.91 Å². The molecule has 0 saturated heterocycles. The summed E-state index contributed by atoms with van der Waals surface area (Å²) in [5, 5.41) is 5.75. The first-order valence-electron chi connectivity index (χ1n) is 8.56. The lowest BCUT2D eigenvalue weighted by atomic mass is 9.71. The van der Waals surface area contributed by atoms with Crippen molar-refractivity contribution in [1.29, 1.82) is 0 Å². The molecule has 2 heteroatoms. The molecule has 0 heterocycles. The summed E-state index contributed by atoms with van der Waals surface area (Å²) in [7, 11) is 0. The summed E-state index contributed by atoms with van der Waals surface area (Å²) in [5.74, 6) is 0.0136. The minimum Gasteiger partial charge on any atom is -0.343 e. The molecule has 120 valence electrons. The summed E-state index contributed by atoms with van der Waals surface area (Å²) < 4.78 is 0. The van der Waals surface area contributed by atoms with Gasteiger partial charge in [0.25, 0.3) is 0 Å². The third-order valence-corrected chi connectivity index (χ3v) is 5.11. The van der Waals surface area contributed by atoms with Crippen molar-refractivity contribution in [3.05, 3.63) is 83.4 Å². The van der Waals surface area contributed by atoms with Crippen molar-refractivity contribution in [2.24, 2.45) is 0 Å². The topological polar surface area (TPSA) is 29.1 Å². The average Bonchev–Trinajstić information content (AvgIpc) is 2.61. The number of aryl methyl sites for hydroxylation is 1. The van der Waals surface area contributed by atoms with Crippen LogP contribution in [0.1, 0.15) is 36.5 Å². The highest BCUT2D eigenvalue weighted by Gasteiger charge is 2.39. The second-order valence-corrected chi connectivity index (χ2v) is 6.62. The number of carbonyl (C=O) groups is 1. The average molecular weight is 315 g/mol. The standard InChI is InChI=1S/C22H21NO/c1-16(24)23-22(15-7-11-18-9-3-5-13-20(18)22)21-14-6-10-17-8-2-4-12-19(17)21/h2-6,8-10,12-14H,7,11,15H2,1H3,(H,23,24). The Morgan fingerprint density at radius 2 is 1.62 bits per heavy atom. The van der Waals surface area contributed by atoms with Crippen molar-refractivity contribution < 1.29 is 4.79 Å². The molecule has 4 rings (SSSR count). The number of rotatable bonds is 2. The Bertz CT molecular complexity index is 909. The van der Waals surface area contributed by atoms with Gasteiger partial charge in [-0.3, -0.25) is 4.79 Å². The van der Waals surface area contributed by atoms with E-state index in [4.69, 9.17) is 0 Å². The normalized spacial score (nSPS) is 19.7. The lowest BCUT2D eigenvalue weighted by Gasteiger charge is -2.41. The maximum atomic E-state index is 12.1. The fraction of sp³-hybridized carbons (Fsp3) is 0.227. The summed E-state index contributed by atoms with van der Waals surface area (Å²) >= 11 is 0. The van der Waals surface area contributed by atoms with E-state index in [9.17, 15) is 4.79 Å². The van der Waals surface area contributed by atoms with Crippen molar-refractivity contribution >= 4 is 16.7 Å². The third-order valence-electron chi connectivity index (χ3n) is 5.11. The van der Waals surface area contributed by atoms with Crippen LogP contribution in [0.5, 0.6) is 0 Å². The highest BCUT2D eigenvalue weighted by atomic mass is 16.1. The zero-order chi connectivity index (χ0) is 16.6. The van der Waals surface area contributed by atoms with Gasteiger partial charge in [0.1, 0.15) is 0 Å². The van der Waals surface area contributed by atoms with Gasteiger partial charge in [0, 0.05) is 6.92 Å². The van der Waals surface area contributed by atoms with E-state index in [-0.39, 0.29) is 5.91 Å². The number of carbonyl (C=O) groups excluding carboxylic acids is 1. The van der Waals surface area contributed by atoms with Gasteiger partial charge in [-0.05, 0) is 46.7 Å². The number of benzene rings is 3. The monoisotopic (exact) mass is 315 g/mol. The molecule has 1 aliphatic carbocycles. The van der Waals surface area contributed by atoms with E-state index in [0.29, 0.717) is 0 Å². The molecule has 0 bridgehead atoms. The summed E-state index contributed by atoms with van der Waals surface area (Å²) in [6.07, 6.45) is 3.07. The third kappa shape index (κ3) is 2.30. The summed E-state index contributed by atoms with van der Waals surface area (Å²) in [5.41, 5.74) is 3.33. The molecule has 0 aliphatic heterocycles. The molecule has 1 aliphatic rings. The van der Waals surface area contributed by atoms with Crippen molar-refractivity contribution in [3.8, 4) is 0 Å². The Morgan fingerprint density at radius 3 is 2.50 bits per heavy atom. The molecule has 0 fully saturated rings. The van der Waals surface area contributed by atoms with Crippen LogP contribution >= 0.6 is 0 Å². The van der Waals surface area contributed by atoms with Gasteiger partial charge >= 0.3 is 0 Å². The van der Waals surface area contributed by atoms with Crippen LogP contribution in [-0.2, 0) is 16.8 Å². The second kappa shape index (κ2) is 5.79.